The lowest BCUT2D eigenvalue weighted by Crippen LogP contribution is -2.19. The van der Waals surface area contributed by atoms with Crippen LogP contribution in [0.2, 0.25) is 0 Å². The van der Waals surface area contributed by atoms with Crippen LogP contribution in [-0.2, 0) is 0 Å². The largest absolute Gasteiger partial charge is 0.497 e. The minimum Gasteiger partial charge on any atom is -0.497 e. The van der Waals surface area contributed by atoms with Gasteiger partial charge in [0.05, 0.1) is 12.8 Å². The summed E-state index contributed by atoms with van der Waals surface area (Å²) in [5, 5.41) is 12.0. The molecule has 0 radical (unpaired) electrons. The van der Waals surface area contributed by atoms with Gasteiger partial charge in [-0.25, -0.2) is 0 Å². The van der Waals surface area contributed by atoms with E-state index in [1.54, 1.807) is 7.11 Å². The topological polar surface area (TPSA) is 71.1 Å². The molecule has 2 aromatic carbocycles. The smallest absolute Gasteiger partial charge is 0.172 e. The molecule has 0 fully saturated rings. The number of nitrogens with two attached hydrogens (primary N) is 1. The van der Waals surface area contributed by atoms with Crippen LogP contribution in [0.3, 0.4) is 0 Å². The van der Waals surface area contributed by atoms with Gasteiger partial charge in [-0.2, -0.15) is 0 Å². The number of methoxy groups -OCH3 is 1. The van der Waals surface area contributed by atoms with Crippen molar-refractivity contribution in [2.75, 3.05) is 19.1 Å². The van der Waals surface area contributed by atoms with Crippen molar-refractivity contribution in [3.63, 3.8) is 0 Å². The fourth-order valence-electron chi connectivity index (χ4n) is 2.13. The number of aryl methyl sites for hydroxylation is 1. The standard InChI is InChI=1S/C16H19N3O2/c1-11-4-9-14(16(17)18-20)15(10-11)19(2)12-5-7-13(21-3)8-6-12/h4-10,20H,1-3H3,(H2,17,18). The van der Waals surface area contributed by atoms with Crippen LogP contribution in [-0.4, -0.2) is 25.2 Å². The molecular formula is C16H19N3O2. The summed E-state index contributed by atoms with van der Waals surface area (Å²) in [5.41, 5.74) is 9.39. The van der Waals surface area contributed by atoms with E-state index in [-0.39, 0.29) is 5.84 Å². The SMILES string of the molecule is COc1ccc(N(C)c2cc(C)ccc2C(N)=NO)cc1. The first kappa shape index (κ1) is 14.7. The van der Waals surface area contributed by atoms with Gasteiger partial charge in [-0.15, -0.1) is 0 Å². The van der Waals surface area contributed by atoms with Gasteiger partial charge < -0.3 is 20.6 Å². The third-order valence-corrected chi connectivity index (χ3v) is 3.36. The molecule has 0 aromatic heterocycles. The number of benzene rings is 2. The molecule has 0 aliphatic heterocycles. The van der Waals surface area contributed by atoms with E-state index in [0.717, 1.165) is 22.7 Å². The van der Waals surface area contributed by atoms with E-state index >= 15 is 0 Å². The molecule has 110 valence electrons. The number of oxime groups is 1. The van der Waals surface area contributed by atoms with Crippen LogP contribution in [0.1, 0.15) is 11.1 Å². The Bertz CT molecular complexity index is 651. The van der Waals surface area contributed by atoms with Crippen molar-refractivity contribution in [2.45, 2.75) is 6.92 Å². The summed E-state index contributed by atoms with van der Waals surface area (Å²) in [6, 6.07) is 13.5. The molecule has 0 aliphatic carbocycles. The zero-order chi connectivity index (χ0) is 15.4. The van der Waals surface area contributed by atoms with Crippen molar-refractivity contribution in [3.05, 3.63) is 53.6 Å². The number of ether oxygens (including phenoxy) is 1. The maximum Gasteiger partial charge on any atom is 0.172 e. The van der Waals surface area contributed by atoms with E-state index < -0.39 is 0 Å². The Hall–Kier alpha value is -2.69. The third kappa shape index (κ3) is 3.08. The molecule has 2 rings (SSSR count). The first-order chi connectivity index (χ1) is 10.1. The van der Waals surface area contributed by atoms with Crippen LogP contribution in [0, 0.1) is 6.92 Å². The van der Waals surface area contributed by atoms with E-state index in [9.17, 15) is 0 Å². The Labute approximate surface area is 124 Å². The van der Waals surface area contributed by atoms with Crippen LogP contribution in [0.4, 0.5) is 11.4 Å². The molecule has 0 aliphatic rings. The minimum atomic E-state index is 0.0883. The number of hydrogen-bond donors (Lipinski definition) is 2. The highest BCUT2D eigenvalue weighted by atomic mass is 16.5. The van der Waals surface area contributed by atoms with Gasteiger partial charge in [0, 0.05) is 18.3 Å². The number of anilines is 2. The van der Waals surface area contributed by atoms with Crippen LogP contribution in [0.25, 0.3) is 0 Å². The molecule has 5 nitrogen and oxygen atoms in total. The second-order valence-electron chi connectivity index (χ2n) is 4.76. The Balaban J connectivity index is 2.46. The predicted molar refractivity (Wildman–Crippen MR) is 84.7 cm³/mol. The molecule has 0 amide bonds. The molecule has 3 N–H and O–H groups in total. The number of hydrogen-bond acceptors (Lipinski definition) is 4. The van der Waals surface area contributed by atoms with Crippen molar-refractivity contribution >= 4 is 17.2 Å². The number of nitrogens with zero attached hydrogens (tertiary/aromatic N) is 2. The van der Waals surface area contributed by atoms with Crippen molar-refractivity contribution in [1.82, 2.24) is 0 Å². The molecule has 5 heteroatoms. The average Bonchev–Trinajstić information content (AvgIpc) is 2.53. The molecule has 0 saturated carbocycles. The monoisotopic (exact) mass is 285 g/mol. The first-order valence-corrected chi connectivity index (χ1v) is 6.53. The highest BCUT2D eigenvalue weighted by Crippen LogP contribution is 2.29. The third-order valence-electron chi connectivity index (χ3n) is 3.36. The number of amidine groups is 1. The van der Waals surface area contributed by atoms with Gasteiger partial charge >= 0.3 is 0 Å². The predicted octanol–water partition coefficient (Wildman–Crippen LogP) is 2.87. The van der Waals surface area contributed by atoms with Crippen LogP contribution < -0.4 is 15.4 Å². The lowest BCUT2D eigenvalue weighted by Gasteiger charge is -2.23. The van der Waals surface area contributed by atoms with Crippen molar-refractivity contribution in [2.24, 2.45) is 10.9 Å². The molecule has 0 atom stereocenters. The summed E-state index contributed by atoms with van der Waals surface area (Å²) in [6.07, 6.45) is 0. The Morgan fingerprint density at radius 1 is 1.19 bits per heavy atom. The maximum absolute atomic E-state index is 8.93. The lowest BCUT2D eigenvalue weighted by molar-refractivity contribution is 0.318. The summed E-state index contributed by atoms with van der Waals surface area (Å²) in [6.45, 7) is 2.00. The molecule has 0 saturated heterocycles. The van der Waals surface area contributed by atoms with Gasteiger partial charge in [0.15, 0.2) is 5.84 Å². The van der Waals surface area contributed by atoms with Crippen molar-refractivity contribution in [1.29, 1.82) is 0 Å². The zero-order valence-electron chi connectivity index (χ0n) is 12.4. The summed E-state index contributed by atoms with van der Waals surface area (Å²) < 4.78 is 5.16. The normalized spacial score (nSPS) is 11.3. The molecule has 0 unspecified atom stereocenters. The van der Waals surface area contributed by atoms with Gasteiger partial charge in [-0.05, 0) is 48.9 Å². The molecule has 0 heterocycles. The molecule has 2 aromatic rings. The summed E-state index contributed by atoms with van der Waals surface area (Å²) in [7, 11) is 3.57. The molecule has 0 spiro atoms. The Kier molecular flexibility index (Phi) is 4.33. The Morgan fingerprint density at radius 2 is 1.86 bits per heavy atom. The van der Waals surface area contributed by atoms with Gasteiger partial charge in [-0.3, -0.25) is 0 Å². The lowest BCUT2D eigenvalue weighted by atomic mass is 10.1. The van der Waals surface area contributed by atoms with Crippen LogP contribution >= 0.6 is 0 Å². The molecule has 0 bridgehead atoms. The van der Waals surface area contributed by atoms with Gasteiger partial charge in [0.1, 0.15) is 5.75 Å². The average molecular weight is 285 g/mol. The zero-order valence-corrected chi connectivity index (χ0v) is 12.4. The maximum atomic E-state index is 8.93. The number of rotatable bonds is 4. The fourth-order valence-corrected chi connectivity index (χ4v) is 2.13. The summed E-state index contributed by atoms with van der Waals surface area (Å²) in [5.74, 6) is 0.887. The summed E-state index contributed by atoms with van der Waals surface area (Å²) in [4.78, 5) is 1.99. The summed E-state index contributed by atoms with van der Waals surface area (Å²) >= 11 is 0. The van der Waals surface area contributed by atoms with E-state index in [2.05, 4.69) is 5.16 Å². The van der Waals surface area contributed by atoms with E-state index in [1.807, 2.05) is 61.3 Å². The molecule has 21 heavy (non-hydrogen) atoms. The minimum absolute atomic E-state index is 0.0883. The van der Waals surface area contributed by atoms with Crippen molar-refractivity contribution < 1.29 is 9.94 Å². The van der Waals surface area contributed by atoms with Crippen molar-refractivity contribution in [3.8, 4) is 5.75 Å². The fraction of sp³-hybridized carbons (Fsp3) is 0.188. The van der Waals surface area contributed by atoms with Crippen LogP contribution in [0.15, 0.2) is 47.6 Å². The molecular weight excluding hydrogens is 266 g/mol. The second kappa shape index (κ2) is 6.17. The van der Waals surface area contributed by atoms with E-state index in [4.69, 9.17) is 15.7 Å². The van der Waals surface area contributed by atoms with E-state index in [1.165, 1.54) is 0 Å². The van der Waals surface area contributed by atoms with Gasteiger partial charge in [0.2, 0.25) is 0 Å². The highest BCUT2D eigenvalue weighted by molar-refractivity contribution is 6.03. The van der Waals surface area contributed by atoms with Crippen LogP contribution in [0.5, 0.6) is 5.75 Å². The highest BCUT2D eigenvalue weighted by Gasteiger charge is 2.13. The van der Waals surface area contributed by atoms with Gasteiger partial charge in [-0.1, -0.05) is 11.2 Å². The second-order valence-corrected chi connectivity index (χ2v) is 4.76. The van der Waals surface area contributed by atoms with E-state index in [0.29, 0.717) is 5.56 Å². The van der Waals surface area contributed by atoms with Gasteiger partial charge in [0.25, 0.3) is 0 Å². The Morgan fingerprint density at radius 3 is 2.43 bits per heavy atom. The first-order valence-electron chi connectivity index (χ1n) is 6.53. The quantitative estimate of drug-likeness (QED) is 0.392.